The van der Waals surface area contributed by atoms with Crippen molar-refractivity contribution < 1.29 is 9.90 Å². The van der Waals surface area contributed by atoms with Gasteiger partial charge in [-0.15, -0.1) is 0 Å². The van der Waals surface area contributed by atoms with Crippen molar-refractivity contribution in [2.24, 2.45) is 0 Å². The molecular formula is C12H12N2O2. The molecule has 4 nitrogen and oxygen atoms in total. The number of hydrogen-bond donors (Lipinski definition) is 2. The largest absolute Gasteiger partial charge is 0.477 e. The number of carbonyl (C=O) groups is 1. The van der Waals surface area contributed by atoms with Crippen LogP contribution in [0.3, 0.4) is 0 Å². The highest BCUT2D eigenvalue weighted by Crippen LogP contribution is 2.14. The average Bonchev–Trinajstić information content (AvgIpc) is 2.69. The Morgan fingerprint density at radius 2 is 2.00 bits per heavy atom. The van der Waals surface area contributed by atoms with Crippen LogP contribution in [0.1, 0.15) is 16.1 Å². The maximum Gasteiger partial charge on any atom is 0.352 e. The molecule has 0 unspecified atom stereocenters. The van der Waals surface area contributed by atoms with Crippen LogP contribution in [0.15, 0.2) is 42.6 Å². The number of aromatic carboxylic acids is 1. The summed E-state index contributed by atoms with van der Waals surface area (Å²) >= 11 is 0. The molecule has 0 amide bonds. The zero-order valence-electron chi connectivity index (χ0n) is 8.63. The van der Waals surface area contributed by atoms with Gasteiger partial charge in [0, 0.05) is 18.4 Å². The average molecular weight is 216 g/mol. The Morgan fingerprint density at radius 1 is 1.25 bits per heavy atom. The van der Waals surface area contributed by atoms with Crippen LogP contribution < -0.4 is 5.73 Å². The first-order chi connectivity index (χ1) is 7.68. The van der Waals surface area contributed by atoms with Crippen LogP contribution in [0.4, 0.5) is 5.69 Å². The number of aromatic nitrogens is 1. The third kappa shape index (κ3) is 1.91. The highest BCUT2D eigenvalue weighted by atomic mass is 16.4. The molecule has 0 radical (unpaired) electrons. The van der Waals surface area contributed by atoms with Crippen LogP contribution >= 0.6 is 0 Å². The minimum absolute atomic E-state index is 0.267. The minimum Gasteiger partial charge on any atom is -0.477 e. The van der Waals surface area contributed by atoms with Gasteiger partial charge in [-0.1, -0.05) is 18.2 Å². The van der Waals surface area contributed by atoms with E-state index in [1.807, 2.05) is 18.2 Å². The van der Waals surface area contributed by atoms with Crippen molar-refractivity contribution in [1.82, 2.24) is 4.57 Å². The molecule has 0 atom stereocenters. The number of hydrogen-bond acceptors (Lipinski definition) is 2. The van der Waals surface area contributed by atoms with Crippen LogP contribution in [-0.4, -0.2) is 15.6 Å². The van der Waals surface area contributed by atoms with Gasteiger partial charge in [-0.25, -0.2) is 4.79 Å². The van der Waals surface area contributed by atoms with Gasteiger partial charge in [0.05, 0.1) is 0 Å². The van der Waals surface area contributed by atoms with Gasteiger partial charge < -0.3 is 15.4 Å². The second kappa shape index (κ2) is 4.10. The number of para-hydroxylation sites is 1. The summed E-state index contributed by atoms with van der Waals surface area (Å²) in [7, 11) is 0. The molecular weight excluding hydrogens is 204 g/mol. The molecule has 1 heterocycles. The number of carboxylic acids is 1. The molecule has 0 aliphatic rings. The summed E-state index contributed by atoms with van der Waals surface area (Å²) in [6, 6.07) is 10.7. The van der Waals surface area contributed by atoms with Gasteiger partial charge in [0.2, 0.25) is 0 Å². The fourth-order valence-electron chi connectivity index (χ4n) is 1.61. The normalized spacial score (nSPS) is 10.2. The predicted octanol–water partition coefficient (Wildman–Crippen LogP) is 1.82. The summed E-state index contributed by atoms with van der Waals surface area (Å²) in [5.74, 6) is -0.931. The van der Waals surface area contributed by atoms with E-state index in [9.17, 15) is 4.79 Å². The highest BCUT2D eigenvalue weighted by molar-refractivity contribution is 5.85. The van der Waals surface area contributed by atoms with Crippen molar-refractivity contribution in [3.63, 3.8) is 0 Å². The first kappa shape index (κ1) is 10.3. The molecule has 0 saturated heterocycles. The van der Waals surface area contributed by atoms with E-state index in [1.165, 1.54) is 0 Å². The number of nitrogens with two attached hydrogens (primary N) is 1. The minimum atomic E-state index is -0.931. The number of benzene rings is 1. The third-order valence-electron chi connectivity index (χ3n) is 2.44. The predicted molar refractivity (Wildman–Crippen MR) is 61.3 cm³/mol. The zero-order valence-corrected chi connectivity index (χ0v) is 8.63. The van der Waals surface area contributed by atoms with Gasteiger partial charge >= 0.3 is 5.97 Å². The lowest BCUT2D eigenvalue weighted by molar-refractivity contribution is 0.0685. The van der Waals surface area contributed by atoms with E-state index < -0.39 is 5.97 Å². The molecule has 3 N–H and O–H groups in total. The van der Waals surface area contributed by atoms with Crippen molar-refractivity contribution >= 4 is 11.7 Å². The summed E-state index contributed by atoms with van der Waals surface area (Å²) < 4.78 is 1.66. The molecule has 4 heteroatoms. The Balaban J connectivity index is 2.31. The molecule has 0 saturated carbocycles. The Morgan fingerprint density at radius 3 is 2.69 bits per heavy atom. The molecule has 2 rings (SSSR count). The lowest BCUT2D eigenvalue weighted by Crippen LogP contribution is -2.09. The van der Waals surface area contributed by atoms with Gasteiger partial charge in [0.25, 0.3) is 0 Å². The molecule has 1 aromatic carbocycles. The number of carboxylic acid groups (broad SMARTS) is 1. The van der Waals surface area contributed by atoms with E-state index >= 15 is 0 Å². The van der Waals surface area contributed by atoms with E-state index in [4.69, 9.17) is 10.8 Å². The maximum atomic E-state index is 10.9. The summed E-state index contributed by atoms with van der Waals surface area (Å²) in [5.41, 5.74) is 7.66. The SMILES string of the molecule is Nc1ccccc1Cn1cccc1C(=O)O. The first-order valence-electron chi connectivity index (χ1n) is 4.90. The van der Waals surface area contributed by atoms with E-state index in [1.54, 1.807) is 29.0 Å². The Labute approximate surface area is 92.9 Å². The second-order valence-electron chi connectivity index (χ2n) is 3.53. The van der Waals surface area contributed by atoms with Crippen molar-refractivity contribution in [2.75, 3.05) is 5.73 Å². The Hall–Kier alpha value is -2.23. The number of rotatable bonds is 3. The summed E-state index contributed by atoms with van der Waals surface area (Å²) in [4.78, 5) is 10.9. The fraction of sp³-hybridized carbons (Fsp3) is 0.0833. The lowest BCUT2D eigenvalue weighted by Gasteiger charge is -2.08. The third-order valence-corrected chi connectivity index (χ3v) is 2.44. The molecule has 16 heavy (non-hydrogen) atoms. The van der Waals surface area contributed by atoms with Gasteiger partial charge in [0.15, 0.2) is 0 Å². The maximum absolute atomic E-state index is 10.9. The van der Waals surface area contributed by atoms with Gasteiger partial charge in [0.1, 0.15) is 5.69 Å². The molecule has 0 aliphatic heterocycles. The summed E-state index contributed by atoms with van der Waals surface area (Å²) in [5, 5.41) is 8.95. The van der Waals surface area contributed by atoms with Crippen molar-refractivity contribution in [2.45, 2.75) is 6.54 Å². The van der Waals surface area contributed by atoms with Crippen LogP contribution in [0, 0.1) is 0 Å². The van der Waals surface area contributed by atoms with Crippen LogP contribution in [0.2, 0.25) is 0 Å². The van der Waals surface area contributed by atoms with Crippen LogP contribution in [-0.2, 0) is 6.54 Å². The first-order valence-corrected chi connectivity index (χ1v) is 4.90. The molecule has 0 fully saturated rings. The van der Waals surface area contributed by atoms with Crippen molar-refractivity contribution in [3.8, 4) is 0 Å². The molecule has 82 valence electrons. The van der Waals surface area contributed by atoms with E-state index in [0.29, 0.717) is 12.2 Å². The number of anilines is 1. The highest BCUT2D eigenvalue weighted by Gasteiger charge is 2.09. The molecule has 0 aliphatic carbocycles. The van der Waals surface area contributed by atoms with Gasteiger partial charge in [-0.05, 0) is 23.8 Å². The van der Waals surface area contributed by atoms with E-state index in [0.717, 1.165) is 5.56 Å². The molecule has 2 aromatic rings. The van der Waals surface area contributed by atoms with Crippen molar-refractivity contribution in [3.05, 3.63) is 53.9 Å². The Bertz CT molecular complexity index is 517. The fourth-order valence-corrected chi connectivity index (χ4v) is 1.61. The lowest BCUT2D eigenvalue weighted by atomic mass is 10.2. The molecule has 0 spiro atoms. The summed E-state index contributed by atoms with van der Waals surface area (Å²) in [6.07, 6.45) is 1.73. The van der Waals surface area contributed by atoms with Gasteiger partial charge in [-0.2, -0.15) is 0 Å². The van der Waals surface area contributed by atoms with E-state index in [-0.39, 0.29) is 5.69 Å². The molecule has 0 bridgehead atoms. The second-order valence-corrected chi connectivity index (χ2v) is 3.53. The van der Waals surface area contributed by atoms with E-state index in [2.05, 4.69) is 0 Å². The summed E-state index contributed by atoms with van der Waals surface area (Å²) in [6.45, 7) is 0.474. The zero-order chi connectivity index (χ0) is 11.5. The quantitative estimate of drug-likeness (QED) is 0.769. The number of nitrogen functional groups attached to an aromatic ring is 1. The monoisotopic (exact) mass is 216 g/mol. The van der Waals surface area contributed by atoms with Gasteiger partial charge in [-0.3, -0.25) is 0 Å². The topological polar surface area (TPSA) is 68.2 Å². The number of nitrogens with zero attached hydrogens (tertiary/aromatic N) is 1. The van der Waals surface area contributed by atoms with Crippen LogP contribution in [0.25, 0.3) is 0 Å². The molecule has 1 aromatic heterocycles. The Kier molecular flexibility index (Phi) is 2.64. The smallest absolute Gasteiger partial charge is 0.352 e. The standard InChI is InChI=1S/C12H12N2O2/c13-10-5-2-1-4-9(10)8-14-7-3-6-11(14)12(15)16/h1-7H,8,13H2,(H,15,16). The van der Waals surface area contributed by atoms with Crippen LogP contribution in [0.5, 0.6) is 0 Å². The van der Waals surface area contributed by atoms with Crippen molar-refractivity contribution in [1.29, 1.82) is 0 Å².